The fraction of sp³-hybridized carbons (Fsp3) is 0.211. The zero-order chi connectivity index (χ0) is 19.8. The molecule has 0 unspecified atom stereocenters. The molecule has 0 radical (unpaired) electrons. The highest BCUT2D eigenvalue weighted by molar-refractivity contribution is 6.31. The van der Waals surface area contributed by atoms with Crippen LogP contribution in [0.15, 0.2) is 48.5 Å². The molecular weight excluding hydrogens is 375 g/mol. The summed E-state index contributed by atoms with van der Waals surface area (Å²) in [5, 5.41) is 4.60. The molecule has 0 bridgehead atoms. The molecule has 0 spiro atoms. The standard InChI is InChI=1S/C19H18ClFN2O4/c1-2-22-19(26)23-18(25)17(12-7-4-3-5-8-12)27-16(24)11-13-14(20)9-6-10-15(13)21/h3-10,17H,2,11H2,1H3,(H2,22,23,25,26)/t17-/m0/s1. The van der Waals surface area contributed by atoms with Gasteiger partial charge in [0.05, 0.1) is 6.42 Å². The number of carbonyl (C=O) groups is 3. The summed E-state index contributed by atoms with van der Waals surface area (Å²) in [5.74, 6) is -2.33. The van der Waals surface area contributed by atoms with Gasteiger partial charge in [-0.25, -0.2) is 9.18 Å². The number of hydrogen-bond acceptors (Lipinski definition) is 4. The Kier molecular flexibility index (Phi) is 7.31. The van der Waals surface area contributed by atoms with Gasteiger partial charge in [0.15, 0.2) is 0 Å². The molecular formula is C19H18ClFN2O4. The number of carbonyl (C=O) groups excluding carboxylic acids is 3. The van der Waals surface area contributed by atoms with Crippen LogP contribution in [-0.2, 0) is 20.7 Å². The summed E-state index contributed by atoms with van der Waals surface area (Å²) in [6, 6.07) is 11.5. The van der Waals surface area contributed by atoms with Gasteiger partial charge in [0.1, 0.15) is 5.82 Å². The van der Waals surface area contributed by atoms with Gasteiger partial charge in [-0.3, -0.25) is 14.9 Å². The number of halogens is 2. The molecule has 0 aliphatic carbocycles. The normalized spacial score (nSPS) is 11.4. The molecule has 0 fully saturated rings. The SMILES string of the molecule is CCNC(=O)NC(=O)[C@@H](OC(=O)Cc1c(F)cccc1Cl)c1ccccc1. The minimum atomic E-state index is -1.37. The highest BCUT2D eigenvalue weighted by Crippen LogP contribution is 2.22. The molecule has 0 aromatic heterocycles. The van der Waals surface area contributed by atoms with Crippen LogP contribution in [0.5, 0.6) is 0 Å². The number of nitrogens with one attached hydrogen (secondary N) is 2. The molecule has 2 aromatic rings. The van der Waals surface area contributed by atoms with E-state index in [1.807, 2.05) is 0 Å². The van der Waals surface area contributed by atoms with Gasteiger partial charge in [0.25, 0.3) is 5.91 Å². The Morgan fingerprint density at radius 1 is 1.11 bits per heavy atom. The van der Waals surface area contributed by atoms with Gasteiger partial charge >= 0.3 is 12.0 Å². The average molecular weight is 393 g/mol. The van der Waals surface area contributed by atoms with Crippen molar-refractivity contribution in [2.24, 2.45) is 0 Å². The molecule has 2 rings (SSSR count). The topological polar surface area (TPSA) is 84.5 Å². The molecule has 3 amide bonds. The van der Waals surface area contributed by atoms with E-state index in [0.29, 0.717) is 12.1 Å². The maximum absolute atomic E-state index is 13.9. The minimum absolute atomic E-state index is 0.0277. The van der Waals surface area contributed by atoms with Crippen LogP contribution in [0.25, 0.3) is 0 Å². The molecule has 2 N–H and O–H groups in total. The first-order chi connectivity index (χ1) is 12.9. The van der Waals surface area contributed by atoms with E-state index in [1.54, 1.807) is 37.3 Å². The van der Waals surface area contributed by atoms with Crippen LogP contribution in [0, 0.1) is 5.82 Å². The summed E-state index contributed by atoms with van der Waals surface area (Å²) in [6.45, 7) is 2.01. The van der Waals surface area contributed by atoms with Gasteiger partial charge in [-0.05, 0) is 19.1 Å². The summed E-state index contributed by atoms with van der Waals surface area (Å²) in [6.07, 6.45) is -1.82. The molecule has 0 heterocycles. The largest absolute Gasteiger partial charge is 0.447 e. The van der Waals surface area contributed by atoms with Crippen molar-refractivity contribution in [3.8, 4) is 0 Å². The number of ether oxygens (including phenoxy) is 1. The van der Waals surface area contributed by atoms with Gasteiger partial charge in [-0.2, -0.15) is 0 Å². The molecule has 27 heavy (non-hydrogen) atoms. The molecule has 0 aliphatic heterocycles. The van der Waals surface area contributed by atoms with Crippen molar-refractivity contribution in [3.63, 3.8) is 0 Å². The Balaban J connectivity index is 2.17. The van der Waals surface area contributed by atoms with E-state index >= 15 is 0 Å². The summed E-state index contributed by atoms with van der Waals surface area (Å²) < 4.78 is 19.1. The fourth-order valence-corrected chi connectivity index (χ4v) is 2.53. The van der Waals surface area contributed by atoms with Crippen molar-refractivity contribution in [1.29, 1.82) is 0 Å². The molecule has 0 aliphatic rings. The van der Waals surface area contributed by atoms with Gasteiger partial charge in [0, 0.05) is 22.7 Å². The zero-order valence-corrected chi connectivity index (χ0v) is 15.3. The number of benzene rings is 2. The van der Waals surface area contributed by atoms with Crippen LogP contribution in [0.1, 0.15) is 24.2 Å². The Labute approximate surface area is 160 Å². The molecule has 0 saturated carbocycles. The Hall–Kier alpha value is -2.93. The van der Waals surface area contributed by atoms with Crippen LogP contribution < -0.4 is 10.6 Å². The maximum Gasteiger partial charge on any atom is 0.321 e. The van der Waals surface area contributed by atoms with E-state index in [2.05, 4.69) is 10.6 Å². The van der Waals surface area contributed by atoms with Crippen molar-refractivity contribution < 1.29 is 23.5 Å². The number of urea groups is 1. The van der Waals surface area contributed by atoms with Gasteiger partial charge in [-0.15, -0.1) is 0 Å². The summed E-state index contributed by atoms with van der Waals surface area (Å²) in [4.78, 5) is 36.3. The van der Waals surface area contributed by atoms with E-state index in [-0.39, 0.29) is 10.6 Å². The number of esters is 1. The minimum Gasteiger partial charge on any atom is -0.447 e. The predicted molar refractivity (Wildman–Crippen MR) is 97.6 cm³/mol. The second kappa shape index (κ2) is 9.68. The van der Waals surface area contributed by atoms with E-state index in [9.17, 15) is 18.8 Å². The highest BCUT2D eigenvalue weighted by Gasteiger charge is 2.27. The third kappa shape index (κ3) is 5.79. The second-order valence-corrected chi connectivity index (χ2v) is 5.91. The Morgan fingerprint density at radius 3 is 2.44 bits per heavy atom. The first kappa shape index (κ1) is 20.4. The number of rotatable bonds is 6. The van der Waals surface area contributed by atoms with E-state index < -0.39 is 36.2 Å². The fourth-order valence-electron chi connectivity index (χ4n) is 2.30. The van der Waals surface area contributed by atoms with E-state index in [4.69, 9.17) is 16.3 Å². The smallest absolute Gasteiger partial charge is 0.321 e. The number of imide groups is 1. The molecule has 6 nitrogen and oxygen atoms in total. The lowest BCUT2D eigenvalue weighted by molar-refractivity contribution is -0.155. The van der Waals surface area contributed by atoms with Crippen LogP contribution in [0.4, 0.5) is 9.18 Å². The van der Waals surface area contributed by atoms with Crippen LogP contribution >= 0.6 is 11.6 Å². The zero-order valence-electron chi connectivity index (χ0n) is 14.5. The molecule has 1 atom stereocenters. The quantitative estimate of drug-likeness (QED) is 0.739. The second-order valence-electron chi connectivity index (χ2n) is 5.51. The van der Waals surface area contributed by atoms with Crippen molar-refractivity contribution in [2.75, 3.05) is 6.54 Å². The lowest BCUT2D eigenvalue weighted by Gasteiger charge is -2.18. The van der Waals surface area contributed by atoms with Crippen molar-refractivity contribution in [2.45, 2.75) is 19.4 Å². The van der Waals surface area contributed by atoms with Crippen LogP contribution in [0.2, 0.25) is 5.02 Å². The lowest BCUT2D eigenvalue weighted by Crippen LogP contribution is -2.42. The Bertz CT molecular complexity index is 809. The average Bonchev–Trinajstić information content (AvgIpc) is 2.63. The first-order valence-corrected chi connectivity index (χ1v) is 8.56. The molecule has 8 heteroatoms. The van der Waals surface area contributed by atoms with Crippen LogP contribution in [-0.4, -0.2) is 24.5 Å². The van der Waals surface area contributed by atoms with Gasteiger partial charge in [0.2, 0.25) is 6.10 Å². The van der Waals surface area contributed by atoms with Crippen LogP contribution in [0.3, 0.4) is 0 Å². The third-order valence-corrected chi connectivity index (χ3v) is 3.90. The van der Waals surface area contributed by atoms with E-state index in [0.717, 1.165) is 0 Å². The van der Waals surface area contributed by atoms with Crippen molar-refractivity contribution in [1.82, 2.24) is 10.6 Å². The highest BCUT2D eigenvalue weighted by atomic mass is 35.5. The summed E-state index contributed by atoms with van der Waals surface area (Å²) >= 11 is 5.91. The molecule has 0 saturated heterocycles. The van der Waals surface area contributed by atoms with E-state index in [1.165, 1.54) is 18.2 Å². The van der Waals surface area contributed by atoms with Crippen molar-refractivity contribution >= 4 is 29.5 Å². The number of amides is 3. The maximum atomic E-state index is 13.9. The van der Waals surface area contributed by atoms with Gasteiger partial charge in [-0.1, -0.05) is 48.0 Å². The first-order valence-electron chi connectivity index (χ1n) is 8.18. The monoisotopic (exact) mass is 392 g/mol. The number of hydrogen-bond donors (Lipinski definition) is 2. The summed E-state index contributed by atoms with van der Waals surface area (Å²) in [7, 11) is 0. The third-order valence-electron chi connectivity index (χ3n) is 3.55. The lowest BCUT2D eigenvalue weighted by atomic mass is 10.1. The summed E-state index contributed by atoms with van der Waals surface area (Å²) in [5.41, 5.74) is 0.340. The van der Waals surface area contributed by atoms with Crippen molar-refractivity contribution in [3.05, 3.63) is 70.5 Å². The Morgan fingerprint density at radius 2 is 1.81 bits per heavy atom. The molecule has 2 aromatic carbocycles. The molecule has 142 valence electrons. The van der Waals surface area contributed by atoms with Gasteiger partial charge < -0.3 is 10.1 Å². The predicted octanol–water partition coefficient (Wildman–Crippen LogP) is 3.15.